The van der Waals surface area contributed by atoms with E-state index >= 15 is 0 Å². The summed E-state index contributed by atoms with van der Waals surface area (Å²) in [5, 5.41) is 0. The molecule has 4 nitrogen and oxygen atoms in total. The zero-order valence-corrected chi connectivity index (χ0v) is 10.1. The van der Waals surface area contributed by atoms with E-state index in [2.05, 4.69) is 4.74 Å². The molecule has 1 aromatic rings. The molecule has 0 N–H and O–H groups in total. The number of benzene rings is 1. The first-order chi connectivity index (χ1) is 8.63. The molecular weight excluding hydrogens is 239 g/mol. The van der Waals surface area contributed by atoms with Crippen molar-refractivity contribution in [2.24, 2.45) is 0 Å². The molecule has 0 aliphatic heterocycles. The van der Waals surface area contributed by atoms with Crippen LogP contribution in [0.3, 0.4) is 0 Å². The van der Waals surface area contributed by atoms with Crippen molar-refractivity contribution in [1.82, 2.24) is 0 Å². The Labute approximate surface area is 105 Å². The maximum absolute atomic E-state index is 13.2. The van der Waals surface area contributed by atoms with E-state index in [1.165, 1.54) is 6.07 Å². The second kappa shape index (κ2) is 7.55. The third-order valence-electron chi connectivity index (χ3n) is 2.13. The molecule has 1 rings (SSSR count). The van der Waals surface area contributed by atoms with Gasteiger partial charge in [0.05, 0.1) is 13.2 Å². The minimum Gasteiger partial charge on any atom is -0.466 e. The molecule has 0 fully saturated rings. The molecule has 0 atom stereocenters. The number of rotatable bonds is 7. The number of hydrogen-bond acceptors (Lipinski definition) is 4. The molecule has 0 saturated carbocycles. The molecule has 0 aliphatic rings. The lowest BCUT2D eigenvalue weighted by Crippen LogP contribution is -2.16. The fraction of sp³-hybridized carbons (Fsp3) is 0.385. The fourth-order valence-corrected chi connectivity index (χ4v) is 1.31. The molecule has 0 spiro atoms. The van der Waals surface area contributed by atoms with Gasteiger partial charge in [0, 0.05) is 5.56 Å². The highest BCUT2D eigenvalue weighted by Crippen LogP contribution is 2.07. The molecule has 0 saturated heterocycles. The summed E-state index contributed by atoms with van der Waals surface area (Å²) in [7, 11) is 0. The third-order valence-corrected chi connectivity index (χ3v) is 2.13. The minimum atomic E-state index is -0.572. The van der Waals surface area contributed by atoms with Crippen molar-refractivity contribution < 1.29 is 23.5 Å². The minimum absolute atomic E-state index is 0.00123. The van der Waals surface area contributed by atoms with Gasteiger partial charge in [-0.2, -0.15) is 0 Å². The summed E-state index contributed by atoms with van der Waals surface area (Å²) in [5.74, 6) is -1.34. The molecule has 0 heterocycles. The lowest BCUT2D eigenvalue weighted by atomic mass is 10.2. The number of Topliss-reactive ketones (excluding diaryl/α,β-unsaturated/α-hetero) is 1. The largest absolute Gasteiger partial charge is 0.466 e. The Morgan fingerprint density at radius 1 is 1.28 bits per heavy atom. The number of esters is 1. The Kier molecular flexibility index (Phi) is 6.00. The number of ketones is 1. The Bertz CT molecular complexity index is 417. The third kappa shape index (κ3) is 5.05. The lowest BCUT2D eigenvalue weighted by Gasteiger charge is -2.05. The van der Waals surface area contributed by atoms with Crippen LogP contribution in [0.5, 0.6) is 0 Å². The van der Waals surface area contributed by atoms with Gasteiger partial charge in [-0.25, -0.2) is 4.39 Å². The van der Waals surface area contributed by atoms with E-state index in [1.807, 2.05) is 0 Å². The van der Waals surface area contributed by atoms with Crippen molar-refractivity contribution in [1.29, 1.82) is 0 Å². The number of hydrogen-bond donors (Lipinski definition) is 0. The lowest BCUT2D eigenvalue weighted by molar-refractivity contribution is -0.146. The molecule has 5 heteroatoms. The topological polar surface area (TPSA) is 52.6 Å². The average Bonchev–Trinajstić information content (AvgIpc) is 2.31. The molecule has 0 bridgehead atoms. The highest BCUT2D eigenvalue weighted by Gasteiger charge is 2.10. The quantitative estimate of drug-likeness (QED) is 0.550. The summed E-state index contributed by atoms with van der Waals surface area (Å²) >= 11 is 0. The zero-order chi connectivity index (χ0) is 13.4. The van der Waals surface area contributed by atoms with Crippen molar-refractivity contribution in [3.63, 3.8) is 0 Å². The van der Waals surface area contributed by atoms with Crippen LogP contribution in [-0.2, 0) is 25.7 Å². The van der Waals surface area contributed by atoms with Gasteiger partial charge in [0.2, 0.25) is 0 Å². The van der Waals surface area contributed by atoms with E-state index in [0.717, 1.165) is 0 Å². The second-order valence-electron chi connectivity index (χ2n) is 3.60. The standard InChI is InChI=1S/C13H15FO4/c1-2-18-13(16)7-11(15)9-17-8-10-5-3-4-6-12(10)14/h3-6H,2,7-9H2,1H3. The van der Waals surface area contributed by atoms with Crippen LogP contribution in [0.2, 0.25) is 0 Å². The maximum atomic E-state index is 13.2. The number of carbonyl (C=O) groups is 2. The highest BCUT2D eigenvalue weighted by atomic mass is 19.1. The van der Waals surface area contributed by atoms with Crippen molar-refractivity contribution in [3.05, 3.63) is 35.6 Å². The van der Waals surface area contributed by atoms with E-state index in [-0.39, 0.29) is 37.8 Å². The summed E-state index contributed by atoms with van der Waals surface area (Å²) in [4.78, 5) is 22.3. The van der Waals surface area contributed by atoms with Gasteiger partial charge in [0.15, 0.2) is 5.78 Å². The predicted molar refractivity (Wildman–Crippen MR) is 62.3 cm³/mol. The van der Waals surface area contributed by atoms with E-state index < -0.39 is 5.97 Å². The smallest absolute Gasteiger partial charge is 0.313 e. The zero-order valence-electron chi connectivity index (χ0n) is 10.1. The first kappa shape index (κ1) is 14.3. The van der Waals surface area contributed by atoms with Crippen LogP contribution in [-0.4, -0.2) is 25.0 Å². The van der Waals surface area contributed by atoms with Gasteiger partial charge in [-0.3, -0.25) is 9.59 Å². The van der Waals surface area contributed by atoms with Gasteiger partial charge in [0.1, 0.15) is 18.8 Å². The van der Waals surface area contributed by atoms with Gasteiger partial charge in [-0.15, -0.1) is 0 Å². The van der Waals surface area contributed by atoms with Crippen LogP contribution in [0, 0.1) is 5.82 Å². The SMILES string of the molecule is CCOC(=O)CC(=O)COCc1ccccc1F. The van der Waals surface area contributed by atoms with Crippen LogP contribution >= 0.6 is 0 Å². The maximum Gasteiger partial charge on any atom is 0.313 e. The van der Waals surface area contributed by atoms with E-state index in [4.69, 9.17) is 4.74 Å². The van der Waals surface area contributed by atoms with Crippen LogP contribution < -0.4 is 0 Å². The Balaban J connectivity index is 2.28. The molecule has 0 radical (unpaired) electrons. The summed E-state index contributed by atoms with van der Waals surface area (Å²) in [6.45, 7) is 1.67. The van der Waals surface area contributed by atoms with Gasteiger partial charge in [-0.1, -0.05) is 18.2 Å². The monoisotopic (exact) mass is 254 g/mol. The predicted octanol–water partition coefficient (Wildman–Crippen LogP) is 1.86. The van der Waals surface area contributed by atoms with Crippen LogP contribution in [0.1, 0.15) is 18.9 Å². The summed E-state index contributed by atoms with van der Waals surface area (Å²) in [5.41, 5.74) is 0.376. The Morgan fingerprint density at radius 3 is 2.67 bits per heavy atom. The second-order valence-corrected chi connectivity index (χ2v) is 3.60. The first-order valence-corrected chi connectivity index (χ1v) is 5.62. The van der Waals surface area contributed by atoms with Gasteiger partial charge < -0.3 is 9.47 Å². The van der Waals surface area contributed by atoms with Gasteiger partial charge in [-0.05, 0) is 13.0 Å². The Morgan fingerprint density at radius 2 is 2.00 bits per heavy atom. The van der Waals surface area contributed by atoms with Crippen LogP contribution in [0.25, 0.3) is 0 Å². The van der Waals surface area contributed by atoms with Gasteiger partial charge >= 0.3 is 5.97 Å². The molecule has 0 unspecified atom stereocenters. The molecule has 0 aromatic heterocycles. The normalized spacial score (nSPS) is 10.1. The molecule has 18 heavy (non-hydrogen) atoms. The molecule has 1 aromatic carbocycles. The number of carbonyl (C=O) groups excluding carboxylic acids is 2. The average molecular weight is 254 g/mol. The van der Waals surface area contributed by atoms with E-state index in [1.54, 1.807) is 25.1 Å². The number of ether oxygens (including phenoxy) is 2. The fourth-order valence-electron chi connectivity index (χ4n) is 1.31. The molecule has 98 valence electrons. The van der Waals surface area contributed by atoms with Crippen LogP contribution in [0.4, 0.5) is 4.39 Å². The van der Waals surface area contributed by atoms with Crippen molar-refractivity contribution >= 4 is 11.8 Å². The summed E-state index contributed by atoms with van der Waals surface area (Å²) in [6, 6.07) is 6.15. The molecular formula is C13H15FO4. The number of halogens is 1. The van der Waals surface area contributed by atoms with Crippen molar-refractivity contribution in [3.8, 4) is 0 Å². The van der Waals surface area contributed by atoms with Crippen LogP contribution in [0.15, 0.2) is 24.3 Å². The molecule has 0 aliphatic carbocycles. The molecule has 0 amide bonds. The van der Waals surface area contributed by atoms with E-state index in [0.29, 0.717) is 5.56 Å². The van der Waals surface area contributed by atoms with E-state index in [9.17, 15) is 14.0 Å². The van der Waals surface area contributed by atoms with Gasteiger partial charge in [0.25, 0.3) is 0 Å². The van der Waals surface area contributed by atoms with Crippen molar-refractivity contribution in [2.45, 2.75) is 20.0 Å². The first-order valence-electron chi connectivity index (χ1n) is 5.62. The summed E-state index contributed by atoms with van der Waals surface area (Å²) < 4.78 is 22.9. The van der Waals surface area contributed by atoms with Crippen molar-refractivity contribution in [2.75, 3.05) is 13.2 Å². The Hall–Kier alpha value is -1.75. The highest BCUT2D eigenvalue weighted by molar-refractivity contribution is 5.96. The summed E-state index contributed by atoms with van der Waals surface area (Å²) in [6.07, 6.45) is -0.314.